The molecule has 1 rings (SSSR count). The number of thioether (sulfide) groups is 1. The van der Waals surface area contributed by atoms with Crippen molar-refractivity contribution in [3.05, 3.63) is 18.3 Å². The summed E-state index contributed by atoms with van der Waals surface area (Å²) in [6, 6.07) is 3.02. The van der Waals surface area contributed by atoms with Crippen LogP contribution in [0.25, 0.3) is 0 Å². The van der Waals surface area contributed by atoms with Crippen LogP contribution in [0.4, 0.5) is 18.9 Å². The highest BCUT2D eigenvalue weighted by atomic mass is 32.2. The van der Waals surface area contributed by atoms with E-state index in [0.717, 1.165) is 0 Å². The number of aromatic nitrogens is 1. The average molecular weight is 266 g/mol. The molecular weight excluding hydrogens is 257 g/mol. The molecule has 0 spiro atoms. The molecule has 0 radical (unpaired) electrons. The first-order valence-electron chi connectivity index (χ1n) is 4.45. The van der Waals surface area contributed by atoms with E-state index in [1.165, 1.54) is 18.3 Å². The molecule has 0 aromatic carbocycles. The molecule has 0 saturated carbocycles. The van der Waals surface area contributed by atoms with Crippen molar-refractivity contribution < 1.29 is 23.1 Å². The van der Waals surface area contributed by atoms with Crippen molar-refractivity contribution >= 4 is 23.4 Å². The van der Waals surface area contributed by atoms with Gasteiger partial charge >= 0.3 is 12.1 Å². The van der Waals surface area contributed by atoms with Gasteiger partial charge in [-0.15, -0.1) is 11.8 Å². The Balaban J connectivity index is 2.72. The fourth-order valence-corrected chi connectivity index (χ4v) is 2.02. The van der Waals surface area contributed by atoms with Crippen LogP contribution in [0.2, 0.25) is 0 Å². The predicted molar refractivity (Wildman–Crippen MR) is 56.6 cm³/mol. The summed E-state index contributed by atoms with van der Waals surface area (Å²) in [5, 5.41) is 8.67. The number of anilines is 1. The van der Waals surface area contributed by atoms with E-state index in [1.807, 2.05) is 0 Å². The largest absolute Gasteiger partial charge is 0.481 e. The Kier molecular flexibility index (Phi) is 4.22. The van der Waals surface area contributed by atoms with Crippen LogP contribution in [0.15, 0.2) is 23.4 Å². The Morgan fingerprint density at radius 3 is 2.71 bits per heavy atom. The monoisotopic (exact) mass is 266 g/mol. The smallest absolute Gasteiger partial charge is 0.403 e. The fraction of sp³-hybridized carbons (Fsp3) is 0.333. The molecule has 0 amide bonds. The Morgan fingerprint density at radius 2 is 2.24 bits per heavy atom. The molecule has 0 aliphatic rings. The normalized spacial score (nSPS) is 13.4. The molecule has 0 saturated heterocycles. The van der Waals surface area contributed by atoms with Crippen LogP contribution in [0, 0.1) is 5.92 Å². The molecule has 1 atom stereocenters. The minimum absolute atomic E-state index is 0.197. The summed E-state index contributed by atoms with van der Waals surface area (Å²) in [6.07, 6.45) is -3.40. The molecule has 1 aromatic heterocycles. The number of aliphatic carboxylic acids is 1. The van der Waals surface area contributed by atoms with E-state index in [1.54, 1.807) is 0 Å². The first kappa shape index (κ1) is 13.6. The zero-order chi connectivity index (χ0) is 13.1. The van der Waals surface area contributed by atoms with Gasteiger partial charge in [0.05, 0.1) is 5.69 Å². The number of alkyl halides is 3. The molecule has 0 bridgehead atoms. The Bertz CT molecular complexity index is 411. The van der Waals surface area contributed by atoms with Gasteiger partial charge in [0.1, 0.15) is 5.03 Å². The number of nitrogens with zero attached hydrogens (tertiary/aromatic N) is 1. The van der Waals surface area contributed by atoms with E-state index in [-0.39, 0.29) is 10.7 Å². The van der Waals surface area contributed by atoms with Crippen molar-refractivity contribution in [2.45, 2.75) is 11.2 Å². The third-order valence-corrected chi connectivity index (χ3v) is 3.00. The molecule has 94 valence electrons. The second-order valence-electron chi connectivity index (χ2n) is 3.14. The molecule has 3 N–H and O–H groups in total. The first-order valence-corrected chi connectivity index (χ1v) is 5.43. The predicted octanol–water partition coefficient (Wildman–Crippen LogP) is 2.02. The second kappa shape index (κ2) is 5.26. The Hall–Kier alpha value is -1.44. The molecular formula is C9H9F3N2O2S. The Morgan fingerprint density at radius 1 is 1.59 bits per heavy atom. The van der Waals surface area contributed by atoms with Gasteiger partial charge < -0.3 is 10.8 Å². The minimum atomic E-state index is -4.78. The third kappa shape index (κ3) is 3.81. The summed E-state index contributed by atoms with van der Waals surface area (Å²) in [4.78, 5) is 14.2. The van der Waals surface area contributed by atoms with Crippen molar-refractivity contribution in [2.24, 2.45) is 5.92 Å². The number of hydrogen-bond donors (Lipinski definition) is 2. The number of carboxylic acids is 1. The summed E-state index contributed by atoms with van der Waals surface area (Å²) in [7, 11) is 0. The van der Waals surface area contributed by atoms with Crippen LogP contribution >= 0.6 is 11.8 Å². The SMILES string of the molecule is Nc1cccnc1SCC(C(=O)O)C(F)(F)F. The number of nitrogens with two attached hydrogens (primary N) is 1. The van der Waals surface area contributed by atoms with Crippen LogP contribution in [0.5, 0.6) is 0 Å². The molecule has 17 heavy (non-hydrogen) atoms. The lowest BCUT2D eigenvalue weighted by Crippen LogP contribution is -2.32. The van der Waals surface area contributed by atoms with Gasteiger partial charge in [0.25, 0.3) is 0 Å². The van der Waals surface area contributed by atoms with Gasteiger partial charge in [-0.05, 0) is 12.1 Å². The number of hydrogen-bond acceptors (Lipinski definition) is 4. The van der Waals surface area contributed by atoms with Crippen LogP contribution < -0.4 is 5.73 Å². The Labute approximate surface area is 99.0 Å². The van der Waals surface area contributed by atoms with Crippen LogP contribution in [0.3, 0.4) is 0 Å². The standard InChI is InChI=1S/C9H9F3N2O2S/c10-9(11,12)5(8(15)16)4-17-7-6(13)2-1-3-14-7/h1-3,5H,4,13H2,(H,15,16). The number of carbonyl (C=O) groups is 1. The molecule has 1 unspecified atom stereocenters. The zero-order valence-corrected chi connectivity index (χ0v) is 9.26. The third-order valence-electron chi connectivity index (χ3n) is 1.88. The van der Waals surface area contributed by atoms with E-state index in [0.29, 0.717) is 11.8 Å². The average Bonchev–Trinajstić information content (AvgIpc) is 2.18. The molecule has 1 aromatic rings. The van der Waals surface area contributed by atoms with Crippen molar-refractivity contribution in [2.75, 3.05) is 11.5 Å². The van der Waals surface area contributed by atoms with E-state index >= 15 is 0 Å². The van der Waals surface area contributed by atoms with Gasteiger partial charge in [-0.2, -0.15) is 13.2 Å². The quantitative estimate of drug-likeness (QED) is 0.815. The molecule has 0 fully saturated rings. The maximum atomic E-state index is 12.3. The van der Waals surface area contributed by atoms with Crippen molar-refractivity contribution in [3.8, 4) is 0 Å². The van der Waals surface area contributed by atoms with Gasteiger partial charge in [0, 0.05) is 11.9 Å². The molecule has 1 heterocycles. The van der Waals surface area contributed by atoms with Crippen molar-refractivity contribution in [1.82, 2.24) is 4.98 Å². The number of carboxylic acid groups (broad SMARTS) is 1. The molecule has 0 aliphatic carbocycles. The van der Waals surface area contributed by atoms with Gasteiger partial charge in [0.15, 0.2) is 5.92 Å². The minimum Gasteiger partial charge on any atom is -0.481 e. The van der Waals surface area contributed by atoms with Gasteiger partial charge in [-0.3, -0.25) is 4.79 Å². The molecule has 8 heteroatoms. The number of nitrogen functional groups attached to an aromatic ring is 1. The highest BCUT2D eigenvalue weighted by Gasteiger charge is 2.45. The van der Waals surface area contributed by atoms with Crippen molar-refractivity contribution in [1.29, 1.82) is 0 Å². The number of pyridine rings is 1. The number of halogens is 3. The lowest BCUT2D eigenvalue weighted by molar-refractivity contribution is -0.188. The molecule has 4 nitrogen and oxygen atoms in total. The summed E-state index contributed by atoms with van der Waals surface area (Å²) >= 11 is 0.673. The van der Waals surface area contributed by atoms with E-state index in [4.69, 9.17) is 10.8 Å². The molecule has 0 aliphatic heterocycles. The zero-order valence-electron chi connectivity index (χ0n) is 8.44. The highest BCUT2D eigenvalue weighted by Crippen LogP contribution is 2.32. The van der Waals surface area contributed by atoms with Crippen LogP contribution in [0.1, 0.15) is 0 Å². The summed E-state index contributed by atoms with van der Waals surface area (Å²) in [5.41, 5.74) is 5.71. The summed E-state index contributed by atoms with van der Waals surface area (Å²) < 4.78 is 37.0. The fourth-order valence-electron chi connectivity index (χ4n) is 0.992. The summed E-state index contributed by atoms with van der Waals surface area (Å²) in [5.74, 6) is -4.98. The van der Waals surface area contributed by atoms with Crippen LogP contribution in [-0.4, -0.2) is 28.0 Å². The van der Waals surface area contributed by atoms with E-state index in [9.17, 15) is 18.0 Å². The second-order valence-corrected chi connectivity index (χ2v) is 4.15. The van der Waals surface area contributed by atoms with Gasteiger partial charge in [-0.1, -0.05) is 0 Å². The van der Waals surface area contributed by atoms with E-state index in [2.05, 4.69) is 4.98 Å². The van der Waals surface area contributed by atoms with E-state index < -0.39 is 23.8 Å². The van der Waals surface area contributed by atoms with Crippen LogP contribution in [-0.2, 0) is 4.79 Å². The summed E-state index contributed by atoms with van der Waals surface area (Å²) in [6.45, 7) is 0. The number of rotatable bonds is 4. The van der Waals surface area contributed by atoms with Gasteiger partial charge in [0.2, 0.25) is 0 Å². The maximum absolute atomic E-state index is 12.3. The lowest BCUT2D eigenvalue weighted by Gasteiger charge is -2.15. The lowest BCUT2D eigenvalue weighted by atomic mass is 10.2. The first-order chi connectivity index (χ1) is 7.82. The van der Waals surface area contributed by atoms with Crippen molar-refractivity contribution in [3.63, 3.8) is 0 Å². The van der Waals surface area contributed by atoms with Gasteiger partial charge in [-0.25, -0.2) is 4.98 Å². The topological polar surface area (TPSA) is 76.2 Å². The highest BCUT2D eigenvalue weighted by molar-refractivity contribution is 7.99. The maximum Gasteiger partial charge on any atom is 0.403 e.